The fourth-order valence-corrected chi connectivity index (χ4v) is 3.01. The van der Waals surface area contributed by atoms with Crippen LogP contribution in [-0.4, -0.2) is 24.6 Å². The van der Waals surface area contributed by atoms with E-state index >= 15 is 0 Å². The molecule has 0 bridgehead atoms. The summed E-state index contributed by atoms with van der Waals surface area (Å²) in [5.74, 6) is -0.223. The molecular formula is C17H14F2N2O2S. The Balaban J connectivity index is 2.10. The van der Waals surface area contributed by atoms with E-state index in [-0.39, 0.29) is 16.5 Å². The Morgan fingerprint density at radius 1 is 1.00 bits per heavy atom. The molecule has 4 nitrogen and oxygen atoms in total. The van der Waals surface area contributed by atoms with Gasteiger partial charge in [0.1, 0.15) is 18.3 Å². The molecule has 0 unspecified atom stereocenters. The van der Waals surface area contributed by atoms with Crippen molar-refractivity contribution in [1.29, 1.82) is 0 Å². The molecule has 1 N–H and O–H groups in total. The van der Waals surface area contributed by atoms with E-state index in [0.29, 0.717) is 22.5 Å². The Hall–Kier alpha value is -2.54. The lowest BCUT2D eigenvalue weighted by molar-refractivity contribution is 0.468. The molecule has 0 radical (unpaired) electrons. The SMILES string of the molecule is CS(=O)(=O)c1ccc(-c2nc(CF)[nH]c2-c2ccc(F)cc2)cc1. The van der Waals surface area contributed by atoms with Gasteiger partial charge in [-0.15, -0.1) is 0 Å². The number of hydrogen-bond acceptors (Lipinski definition) is 3. The minimum Gasteiger partial charge on any atom is -0.339 e. The van der Waals surface area contributed by atoms with E-state index in [1.165, 1.54) is 24.3 Å². The molecule has 0 aliphatic rings. The van der Waals surface area contributed by atoms with Gasteiger partial charge in [0, 0.05) is 17.4 Å². The lowest BCUT2D eigenvalue weighted by Crippen LogP contribution is -1.96. The molecule has 2 aromatic carbocycles. The third kappa shape index (κ3) is 3.21. The van der Waals surface area contributed by atoms with Crippen molar-refractivity contribution in [2.75, 3.05) is 6.26 Å². The number of H-pyrrole nitrogens is 1. The third-order valence-corrected chi connectivity index (χ3v) is 4.70. The van der Waals surface area contributed by atoms with Crippen LogP contribution in [0.4, 0.5) is 8.78 Å². The van der Waals surface area contributed by atoms with Gasteiger partial charge in [-0.25, -0.2) is 22.2 Å². The van der Waals surface area contributed by atoms with Crippen molar-refractivity contribution >= 4 is 9.84 Å². The molecule has 24 heavy (non-hydrogen) atoms. The molecule has 3 aromatic rings. The average molecular weight is 348 g/mol. The van der Waals surface area contributed by atoms with E-state index in [1.807, 2.05) is 0 Å². The lowest BCUT2D eigenvalue weighted by atomic mass is 10.1. The quantitative estimate of drug-likeness (QED) is 0.781. The molecule has 124 valence electrons. The van der Waals surface area contributed by atoms with Crippen LogP contribution >= 0.6 is 0 Å². The van der Waals surface area contributed by atoms with Crippen molar-refractivity contribution in [3.05, 3.63) is 60.2 Å². The fourth-order valence-electron chi connectivity index (χ4n) is 2.38. The van der Waals surface area contributed by atoms with Crippen molar-refractivity contribution in [3.8, 4) is 22.5 Å². The van der Waals surface area contributed by atoms with Crippen LogP contribution < -0.4 is 0 Å². The second-order valence-corrected chi connectivity index (χ2v) is 7.36. The van der Waals surface area contributed by atoms with Crippen molar-refractivity contribution in [2.45, 2.75) is 11.6 Å². The van der Waals surface area contributed by atoms with Gasteiger partial charge in [-0.3, -0.25) is 0 Å². The maximum Gasteiger partial charge on any atom is 0.175 e. The number of nitrogens with one attached hydrogen (secondary N) is 1. The summed E-state index contributed by atoms with van der Waals surface area (Å²) in [5, 5.41) is 0. The number of alkyl halides is 1. The largest absolute Gasteiger partial charge is 0.339 e. The van der Waals surface area contributed by atoms with Gasteiger partial charge in [0.25, 0.3) is 0 Å². The van der Waals surface area contributed by atoms with Crippen molar-refractivity contribution in [2.24, 2.45) is 0 Å². The van der Waals surface area contributed by atoms with E-state index in [0.717, 1.165) is 6.26 Å². The molecule has 0 amide bonds. The lowest BCUT2D eigenvalue weighted by Gasteiger charge is -2.04. The maximum absolute atomic E-state index is 13.1. The zero-order chi connectivity index (χ0) is 17.3. The smallest absolute Gasteiger partial charge is 0.175 e. The van der Waals surface area contributed by atoms with Gasteiger partial charge < -0.3 is 4.98 Å². The zero-order valence-corrected chi connectivity index (χ0v) is 13.6. The number of imidazole rings is 1. The Morgan fingerprint density at radius 3 is 2.12 bits per heavy atom. The number of aromatic amines is 1. The number of sulfone groups is 1. The van der Waals surface area contributed by atoms with Gasteiger partial charge in [-0.05, 0) is 36.4 Å². The van der Waals surface area contributed by atoms with E-state index in [1.54, 1.807) is 24.3 Å². The van der Waals surface area contributed by atoms with Gasteiger partial charge in [0.15, 0.2) is 9.84 Å². The standard InChI is InChI=1S/C17H14F2N2O2S/c1-24(22,23)14-8-4-12(5-9-14)17-16(20-15(10-18)21-17)11-2-6-13(19)7-3-11/h2-9H,10H2,1H3,(H,20,21). The Kier molecular flexibility index (Phi) is 4.19. The Morgan fingerprint density at radius 2 is 1.58 bits per heavy atom. The first-order valence-corrected chi connectivity index (χ1v) is 8.99. The summed E-state index contributed by atoms with van der Waals surface area (Å²) in [5.41, 5.74) is 2.33. The third-order valence-electron chi connectivity index (χ3n) is 3.57. The summed E-state index contributed by atoms with van der Waals surface area (Å²) >= 11 is 0. The van der Waals surface area contributed by atoms with E-state index in [4.69, 9.17) is 0 Å². The minimum atomic E-state index is -3.30. The summed E-state index contributed by atoms with van der Waals surface area (Å²) in [6.07, 6.45) is 1.13. The summed E-state index contributed by atoms with van der Waals surface area (Å²) in [6, 6.07) is 11.9. The van der Waals surface area contributed by atoms with Crippen LogP contribution in [0, 0.1) is 5.82 Å². The second kappa shape index (κ2) is 6.16. The van der Waals surface area contributed by atoms with Crippen LogP contribution in [0.25, 0.3) is 22.5 Å². The highest BCUT2D eigenvalue weighted by molar-refractivity contribution is 7.90. The molecule has 0 aliphatic heterocycles. The van der Waals surface area contributed by atoms with E-state index in [9.17, 15) is 17.2 Å². The normalized spacial score (nSPS) is 11.6. The molecule has 1 heterocycles. The van der Waals surface area contributed by atoms with Gasteiger partial charge in [0.2, 0.25) is 0 Å². The topological polar surface area (TPSA) is 62.8 Å². The highest BCUT2D eigenvalue weighted by Gasteiger charge is 2.15. The zero-order valence-electron chi connectivity index (χ0n) is 12.8. The molecule has 3 rings (SSSR count). The number of rotatable bonds is 4. The fraction of sp³-hybridized carbons (Fsp3) is 0.118. The predicted molar refractivity (Wildman–Crippen MR) is 87.3 cm³/mol. The maximum atomic E-state index is 13.1. The highest BCUT2D eigenvalue weighted by atomic mass is 32.2. The van der Waals surface area contributed by atoms with Crippen LogP contribution in [0.1, 0.15) is 5.82 Å². The molecule has 0 saturated carbocycles. The van der Waals surface area contributed by atoms with E-state index < -0.39 is 16.5 Å². The van der Waals surface area contributed by atoms with Gasteiger partial charge >= 0.3 is 0 Å². The van der Waals surface area contributed by atoms with Crippen LogP contribution in [-0.2, 0) is 16.5 Å². The van der Waals surface area contributed by atoms with E-state index in [2.05, 4.69) is 9.97 Å². The van der Waals surface area contributed by atoms with Crippen molar-refractivity contribution in [3.63, 3.8) is 0 Å². The van der Waals surface area contributed by atoms with Crippen molar-refractivity contribution < 1.29 is 17.2 Å². The van der Waals surface area contributed by atoms with Crippen LogP contribution in [0.2, 0.25) is 0 Å². The average Bonchev–Trinajstić information content (AvgIpc) is 2.99. The first kappa shape index (κ1) is 16.3. The molecule has 7 heteroatoms. The molecule has 0 atom stereocenters. The molecule has 0 saturated heterocycles. The van der Waals surface area contributed by atoms with Crippen LogP contribution in [0.15, 0.2) is 53.4 Å². The molecule has 0 fully saturated rings. The Labute approximate surface area is 138 Å². The van der Waals surface area contributed by atoms with Crippen LogP contribution in [0.3, 0.4) is 0 Å². The molecule has 1 aromatic heterocycles. The number of nitrogens with zero attached hydrogens (tertiary/aromatic N) is 1. The predicted octanol–water partition coefficient (Wildman–Crippen LogP) is 3.76. The number of halogens is 2. The number of aromatic nitrogens is 2. The number of benzene rings is 2. The number of hydrogen-bond donors (Lipinski definition) is 1. The van der Waals surface area contributed by atoms with Crippen molar-refractivity contribution in [1.82, 2.24) is 9.97 Å². The summed E-state index contributed by atoms with van der Waals surface area (Å²) in [4.78, 5) is 7.29. The molecule has 0 spiro atoms. The first-order valence-electron chi connectivity index (χ1n) is 7.10. The van der Waals surface area contributed by atoms with Gasteiger partial charge in [-0.2, -0.15) is 0 Å². The van der Waals surface area contributed by atoms with Gasteiger partial charge in [0.05, 0.1) is 16.3 Å². The first-order chi connectivity index (χ1) is 11.4. The van der Waals surface area contributed by atoms with Crippen LogP contribution in [0.5, 0.6) is 0 Å². The molecule has 0 aliphatic carbocycles. The summed E-state index contributed by atoms with van der Waals surface area (Å²) in [6.45, 7) is -0.768. The summed E-state index contributed by atoms with van der Waals surface area (Å²) in [7, 11) is -3.30. The highest BCUT2D eigenvalue weighted by Crippen LogP contribution is 2.31. The Bertz CT molecular complexity index is 963. The molecular weight excluding hydrogens is 334 g/mol. The summed E-state index contributed by atoms with van der Waals surface area (Å²) < 4.78 is 49.2. The minimum absolute atomic E-state index is 0.150. The van der Waals surface area contributed by atoms with Gasteiger partial charge in [-0.1, -0.05) is 12.1 Å². The monoisotopic (exact) mass is 348 g/mol. The second-order valence-electron chi connectivity index (χ2n) is 5.34.